The zero-order valence-corrected chi connectivity index (χ0v) is 10.1. The smallest absolute Gasteiger partial charge is 0.266 e. The molecule has 1 aliphatic heterocycles. The Labute approximate surface area is 86.4 Å². The van der Waals surface area contributed by atoms with E-state index in [0.717, 1.165) is 0 Å². The maximum atomic E-state index is 11.3. The molecular weight excluding hydrogens is 176 g/mol. The molecule has 1 amide bonds. The maximum Gasteiger partial charge on any atom is 0.305 e. The fourth-order valence-corrected chi connectivity index (χ4v) is 2.28. The molecule has 0 aromatic carbocycles. The van der Waals surface area contributed by atoms with Crippen molar-refractivity contribution in [2.24, 2.45) is 4.99 Å². The molecule has 3 nitrogen and oxygen atoms in total. The van der Waals surface area contributed by atoms with Crippen LogP contribution in [-0.4, -0.2) is 34.4 Å². The fourth-order valence-electron chi connectivity index (χ4n) is 2.28. The van der Waals surface area contributed by atoms with Gasteiger partial charge in [-0.2, -0.15) is 4.99 Å². The molecule has 1 aliphatic rings. The van der Waals surface area contributed by atoms with Crippen molar-refractivity contribution in [2.45, 2.75) is 52.6 Å². The maximum absolute atomic E-state index is 11.3. The van der Waals surface area contributed by atoms with E-state index in [-0.39, 0.29) is 17.0 Å². The number of nitrogens with zero attached hydrogens (tertiary/aromatic N) is 2. The van der Waals surface area contributed by atoms with E-state index in [1.165, 1.54) is 0 Å². The Hall–Kier alpha value is -0.700. The van der Waals surface area contributed by atoms with Gasteiger partial charge in [0.2, 0.25) is 0 Å². The van der Waals surface area contributed by atoms with Crippen LogP contribution < -0.4 is 0 Å². The average Bonchev–Trinajstić information content (AvgIpc) is 2.28. The van der Waals surface area contributed by atoms with Crippen LogP contribution in [0.2, 0.25) is 0 Å². The molecule has 0 aromatic rings. The van der Waals surface area contributed by atoms with Crippen molar-refractivity contribution in [1.82, 2.24) is 0 Å². The van der Waals surface area contributed by atoms with Crippen LogP contribution in [0.1, 0.15) is 41.5 Å². The molecule has 0 bridgehead atoms. The van der Waals surface area contributed by atoms with Gasteiger partial charge in [0.05, 0.1) is 11.1 Å². The highest BCUT2D eigenvalue weighted by molar-refractivity contribution is 5.88. The van der Waals surface area contributed by atoms with Crippen molar-refractivity contribution in [3.05, 3.63) is 0 Å². The summed E-state index contributed by atoms with van der Waals surface area (Å²) in [5.74, 6) is -0.00477. The number of aliphatic imine (C=N–C) groups is 1. The van der Waals surface area contributed by atoms with Gasteiger partial charge in [0.25, 0.3) is 0 Å². The van der Waals surface area contributed by atoms with Gasteiger partial charge in [-0.25, -0.2) is 0 Å². The lowest BCUT2D eigenvalue weighted by Gasteiger charge is -2.50. The molecule has 0 spiro atoms. The van der Waals surface area contributed by atoms with Crippen LogP contribution in [0.25, 0.3) is 0 Å². The third-order valence-corrected chi connectivity index (χ3v) is 3.18. The molecule has 3 heteroatoms. The molecule has 14 heavy (non-hydrogen) atoms. The highest BCUT2D eigenvalue weighted by Gasteiger charge is 2.52. The lowest BCUT2D eigenvalue weighted by molar-refractivity contribution is -0.917. The molecule has 0 unspecified atom stereocenters. The first-order chi connectivity index (χ1) is 6.10. The normalized spacial score (nSPS) is 21.7. The highest BCUT2D eigenvalue weighted by Crippen LogP contribution is 2.35. The van der Waals surface area contributed by atoms with Crippen LogP contribution in [0.15, 0.2) is 4.99 Å². The molecule has 0 N–H and O–H groups in total. The second kappa shape index (κ2) is 2.89. The van der Waals surface area contributed by atoms with Crippen LogP contribution in [0.5, 0.6) is 0 Å². The number of amides is 1. The van der Waals surface area contributed by atoms with Gasteiger partial charge in [0.15, 0.2) is 12.9 Å². The van der Waals surface area contributed by atoms with Crippen LogP contribution in [0.3, 0.4) is 0 Å². The Bertz CT molecular complexity index is 265. The first-order valence-electron chi connectivity index (χ1n) is 5.06. The standard InChI is InChI=1S/C11H21N2O/c1-10(2,3)13(11(4,5)6)7-9(14)12-8-13/h8H,7H2,1-6H3/q+1. The Balaban J connectivity index is 3.20. The molecule has 80 valence electrons. The summed E-state index contributed by atoms with van der Waals surface area (Å²) in [4.78, 5) is 15.3. The minimum Gasteiger partial charge on any atom is -0.266 e. The molecule has 0 saturated carbocycles. The van der Waals surface area contributed by atoms with Gasteiger partial charge in [-0.15, -0.1) is 0 Å². The van der Waals surface area contributed by atoms with Crippen LogP contribution >= 0.6 is 0 Å². The van der Waals surface area contributed by atoms with Crippen molar-refractivity contribution < 1.29 is 9.28 Å². The number of rotatable bonds is 0. The monoisotopic (exact) mass is 197 g/mol. The van der Waals surface area contributed by atoms with Gasteiger partial charge >= 0.3 is 5.91 Å². The molecule has 0 fully saturated rings. The summed E-state index contributed by atoms with van der Waals surface area (Å²) < 4.78 is 0.638. The van der Waals surface area contributed by atoms with E-state index in [0.29, 0.717) is 11.0 Å². The Kier molecular flexibility index (Phi) is 2.35. The summed E-state index contributed by atoms with van der Waals surface area (Å²) in [7, 11) is 0. The number of carbonyl (C=O) groups excluding carboxylic acids is 1. The van der Waals surface area contributed by atoms with Crippen molar-refractivity contribution in [3.8, 4) is 0 Å². The molecular formula is C11H21N2O+. The lowest BCUT2D eigenvalue weighted by Crippen LogP contribution is -2.67. The van der Waals surface area contributed by atoms with Gasteiger partial charge in [0, 0.05) is 0 Å². The van der Waals surface area contributed by atoms with Gasteiger partial charge in [-0.3, -0.25) is 9.28 Å². The number of carbonyl (C=O) groups is 1. The summed E-state index contributed by atoms with van der Waals surface area (Å²) in [6, 6.07) is 0. The summed E-state index contributed by atoms with van der Waals surface area (Å²) in [5, 5.41) is 0. The molecule has 1 heterocycles. The van der Waals surface area contributed by atoms with Crippen LogP contribution in [0.4, 0.5) is 0 Å². The zero-order valence-electron chi connectivity index (χ0n) is 10.1. The molecule has 0 atom stereocenters. The van der Waals surface area contributed by atoms with Crippen molar-refractivity contribution in [1.29, 1.82) is 0 Å². The SMILES string of the molecule is CC(C)(C)[N+]1(C(C)(C)C)C=NC(=O)C1. The number of quaternary nitrogens is 1. The van der Waals surface area contributed by atoms with E-state index in [4.69, 9.17) is 0 Å². The summed E-state index contributed by atoms with van der Waals surface area (Å²) in [6.07, 6.45) is 1.82. The molecule has 0 aromatic heterocycles. The Morgan fingerprint density at radius 3 is 1.71 bits per heavy atom. The predicted octanol–water partition coefficient (Wildman–Crippen LogP) is 1.97. The summed E-state index contributed by atoms with van der Waals surface area (Å²) >= 11 is 0. The first-order valence-corrected chi connectivity index (χ1v) is 5.06. The van der Waals surface area contributed by atoms with Gasteiger partial charge in [-0.1, -0.05) is 0 Å². The Morgan fingerprint density at radius 2 is 1.57 bits per heavy atom. The highest BCUT2D eigenvalue weighted by atomic mass is 16.2. The van der Waals surface area contributed by atoms with Gasteiger partial charge < -0.3 is 0 Å². The quantitative estimate of drug-likeness (QED) is 0.546. The van der Waals surface area contributed by atoms with Crippen molar-refractivity contribution in [2.75, 3.05) is 6.54 Å². The van der Waals surface area contributed by atoms with Crippen molar-refractivity contribution >= 4 is 12.2 Å². The molecule has 0 radical (unpaired) electrons. The third kappa shape index (κ3) is 1.50. The first kappa shape index (κ1) is 11.4. The van der Waals surface area contributed by atoms with E-state index < -0.39 is 0 Å². The third-order valence-electron chi connectivity index (χ3n) is 3.18. The molecule has 0 aliphatic carbocycles. The second-order valence-electron chi connectivity index (χ2n) is 6.01. The zero-order chi connectivity index (χ0) is 11.2. The number of hydrogen-bond donors (Lipinski definition) is 0. The second-order valence-corrected chi connectivity index (χ2v) is 6.01. The van der Waals surface area contributed by atoms with E-state index >= 15 is 0 Å². The summed E-state index contributed by atoms with van der Waals surface area (Å²) in [5.41, 5.74) is 0.0157. The van der Waals surface area contributed by atoms with Gasteiger partial charge in [-0.05, 0) is 41.5 Å². The fraction of sp³-hybridized carbons (Fsp3) is 0.818. The summed E-state index contributed by atoms with van der Waals surface area (Å²) in [6.45, 7) is 13.4. The Morgan fingerprint density at radius 1 is 1.14 bits per heavy atom. The van der Waals surface area contributed by atoms with Crippen LogP contribution in [0, 0.1) is 0 Å². The topological polar surface area (TPSA) is 29.4 Å². The van der Waals surface area contributed by atoms with Crippen molar-refractivity contribution in [3.63, 3.8) is 0 Å². The van der Waals surface area contributed by atoms with E-state index in [9.17, 15) is 4.79 Å². The van der Waals surface area contributed by atoms with E-state index in [1.54, 1.807) is 0 Å². The molecule has 1 rings (SSSR count). The average molecular weight is 197 g/mol. The molecule has 0 saturated heterocycles. The van der Waals surface area contributed by atoms with Gasteiger partial charge in [0.1, 0.15) is 0 Å². The lowest BCUT2D eigenvalue weighted by atomic mass is 9.91. The van der Waals surface area contributed by atoms with E-state index in [1.807, 2.05) is 6.34 Å². The van der Waals surface area contributed by atoms with Crippen LogP contribution in [-0.2, 0) is 4.79 Å². The predicted molar refractivity (Wildman–Crippen MR) is 58.1 cm³/mol. The van der Waals surface area contributed by atoms with E-state index in [2.05, 4.69) is 46.5 Å². The number of hydrogen-bond acceptors (Lipinski definition) is 1. The minimum atomic E-state index is -0.00477. The largest absolute Gasteiger partial charge is 0.305 e. The minimum absolute atomic E-state index is 0.00477.